The predicted octanol–water partition coefficient (Wildman–Crippen LogP) is 5.51. The molecular formula is C22H33ClF3N5O. The molecule has 0 aliphatic rings. The Balaban J connectivity index is 2.15. The Morgan fingerprint density at radius 3 is 2.31 bits per heavy atom. The molecule has 0 fully saturated rings. The number of hydrogen-bond acceptors (Lipinski definition) is 4. The van der Waals surface area contributed by atoms with E-state index in [0.29, 0.717) is 11.1 Å². The number of carbonyl (C=O) groups is 1. The Kier molecular flexibility index (Phi) is 9.76. The summed E-state index contributed by atoms with van der Waals surface area (Å²) in [6, 6.07) is 0.661. The molecular weight excluding hydrogens is 443 g/mol. The fourth-order valence-electron chi connectivity index (χ4n) is 3.65. The van der Waals surface area contributed by atoms with Crippen molar-refractivity contribution >= 4 is 23.2 Å². The maximum absolute atomic E-state index is 13.4. The van der Waals surface area contributed by atoms with Crippen molar-refractivity contribution in [3.8, 4) is 0 Å². The van der Waals surface area contributed by atoms with Crippen molar-refractivity contribution in [3.63, 3.8) is 0 Å². The second-order valence-electron chi connectivity index (χ2n) is 8.27. The van der Waals surface area contributed by atoms with E-state index >= 15 is 0 Å². The van der Waals surface area contributed by atoms with E-state index in [0.717, 1.165) is 57.7 Å². The molecule has 2 aromatic heterocycles. The summed E-state index contributed by atoms with van der Waals surface area (Å²) in [5.41, 5.74) is -1.32. The molecule has 1 unspecified atom stereocenters. The van der Waals surface area contributed by atoms with Gasteiger partial charge in [0.1, 0.15) is 10.7 Å². The molecule has 32 heavy (non-hydrogen) atoms. The van der Waals surface area contributed by atoms with Gasteiger partial charge in [0.2, 0.25) is 0 Å². The SMILES string of the molecule is CCCCCN(CCCCC)CC(C)NC(=O)c1nn2c(C(F)(F)F)cc(C)nc2c1Cl. The first-order valence-electron chi connectivity index (χ1n) is 11.2. The van der Waals surface area contributed by atoms with Crippen molar-refractivity contribution < 1.29 is 18.0 Å². The topological polar surface area (TPSA) is 62.5 Å². The van der Waals surface area contributed by atoms with E-state index in [-0.39, 0.29) is 28.1 Å². The van der Waals surface area contributed by atoms with Crippen LogP contribution in [0.3, 0.4) is 0 Å². The van der Waals surface area contributed by atoms with Gasteiger partial charge in [0.05, 0.1) is 0 Å². The molecule has 6 nitrogen and oxygen atoms in total. The number of aryl methyl sites for hydroxylation is 1. The van der Waals surface area contributed by atoms with E-state index in [2.05, 4.69) is 34.1 Å². The maximum atomic E-state index is 13.4. The molecule has 180 valence electrons. The number of nitrogens with one attached hydrogen (secondary N) is 1. The van der Waals surface area contributed by atoms with Crippen LogP contribution < -0.4 is 5.32 Å². The molecule has 0 radical (unpaired) electrons. The van der Waals surface area contributed by atoms with Crippen LogP contribution in [0.2, 0.25) is 5.02 Å². The van der Waals surface area contributed by atoms with E-state index in [9.17, 15) is 18.0 Å². The first kappa shape index (κ1) is 26.4. The number of aromatic nitrogens is 3. The molecule has 1 N–H and O–H groups in total. The van der Waals surface area contributed by atoms with Gasteiger partial charge in [-0.05, 0) is 45.8 Å². The molecule has 1 amide bonds. The van der Waals surface area contributed by atoms with E-state index in [4.69, 9.17) is 11.6 Å². The molecule has 0 saturated carbocycles. The average molecular weight is 476 g/mol. The van der Waals surface area contributed by atoms with Gasteiger partial charge in [0, 0.05) is 18.3 Å². The minimum absolute atomic E-state index is 0.141. The van der Waals surface area contributed by atoms with Crippen LogP contribution in [0.1, 0.15) is 81.2 Å². The lowest BCUT2D eigenvalue weighted by atomic mass is 10.2. The molecule has 0 spiro atoms. The number of amides is 1. The van der Waals surface area contributed by atoms with Gasteiger partial charge in [-0.25, -0.2) is 9.50 Å². The van der Waals surface area contributed by atoms with Gasteiger partial charge in [-0.1, -0.05) is 51.1 Å². The number of nitrogens with zero attached hydrogens (tertiary/aromatic N) is 4. The predicted molar refractivity (Wildman–Crippen MR) is 120 cm³/mol. The third kappa shape index (κ3) is 7.07. The zero-order valence-corrected chi connectivity index (χ0v) is 20.0. The highest BCUT2D eigenvalue weighted by molar-refractivity contribution is 6.36. The molecule has 10 heteroatoms. The third-order valence-electron chi connectivity index (χ3n) is 5.23. The summed E-state index contributed by atoms with van der Waals surface area (Å²) in [5, 5.41) is 6.49. The summed E-state index contributed by atoms with van der Waals surface area (Å²) >= 11 is 6.22. The van der Waals surface area contributed by atoms with Crippen LogP contribution in [0.15, 0.2) is 6.07 Å². The average Bonchev–Trinajstić information content (AvgIpc) is 3.03. The maximum Gasteiger partial charge on any atom is 0.433 e. The van der Waals surface area contributed by atoms with Gasteiger partial charge in [0.15, 0.2) is 11.3 Å². The van der Waals surface area contributed by atoms with Crippen LogP contribution in [0.25, 0.3) is 5.65 Å². The molecule has 0 aliphatic carbocycles. The van der Waals surface area contributed by atoms with Crippen LogP contribution >= 0.6 is 11.6 Å². The van der Waals surface area contributed by atoms with Gasteiger partial charge < -0.3 is 10.2 Å². The van der Waals surface area contributed by atoms with E-state index in [1.807, 2.05) is 6.92 Å². The Morgan fingerprint density at radius 1 is 1.19 bits per heavy atom. The molecule has 0 aromatic carbocycles. The molecule has 0 aliphatic heterocycles. The minimum atomic E-state index is -4.65. The lowest BCUT2D eigenvalue weighted by Gasteiger charge is -2.26. The Bertz CT molecular complexity index is 890. The second-order valence-corrected chi connectivity index (χ2v) is 8.65. The Morgan fingerprint density at radius 2 is 1.78 bits per heavy atom. The summed E-state index contributed by atoms with van der Waals surface area (Å²) < 4.78 is 40.8. The lowest BCUT2D eigenvalue weighted by molar-refractivity contribution is -0.142. The van der Waals surface area contributed by atoms with Gasteiger partial charge in [0.25, 0.3) is 5.91 Å². The fraction of sp³-hybridized carbons (Fsp3) is 0.682. The summed E-state index contributed by atoms with van der Waals surface area (Å²) in [5.74, 6) is -0.610. The number of halogens is 4. The molecule has 1 atom stereocenters. The van der Waals surface area contributed by atoms with Crippen molar-refractivity contribution in [2.75, 3.05) is 19.6 Å². The van der Waals surface area contributed by atoms with Crippen LogP contribution in [-0.2, 0) is 6.18 Å². The zero-order valence-electron chi connectivity index (χ0n) is 19.2. The van der Waals surface area contributed by atoms with Crippen LogP contribution in [0, 0.1) is 6.92 Å². The normalized spacial score (nSPS) is 13.2. The molecule has 2 aromatic rings. The van der Waals surface area contributed by atoms with Gasteiger partial charge in [-0.15, -0.1) is 0 Å². The molecule has 0 saturated heterocycles. The monoisotopic (exact) mass is 475 g/mol. The van der Waals surface area contributed by atoms with Gasteiger partial charge in [-0.3, -0.25) is 4.79 Å². The molecule has 0 bridgehead atoms. The highest BCUT2D eigenvalue weighted by atomic mass is 35.5. The van der Waals surface area contributed by atoms with E-state index < -0.39 is 17.8 Å². The Hall–Kier alpha value is -1.87. The summed E-state index contributed by atoms with van der Waals surface area (Å²) in [6.07, 6.45) is 2.09. The van der Waals surface area contributed by atoms with Crippen LogP contribution in [-0.4, -0.2) is 51.1 Å². The zero-order chi connectivity index (χ0) is 23.9. The molecule has 2 heterocycles. The summed E-state index contributed by atoms with van der Waals surface area (Å²) in [4.78, 5) is 19.2. The largest absolute Gasteiger partial charge is 0.433 e. The number of rotatable bonds is 12. The summed E-state index contributed by atoms with van der Waals surface area (Å²) in [6.45, 7) is 10.2. The number of hydrogen-bond donors (Lipinski definition) is 1. The quantitative estimate of drug-likeness (QED) is 0.411. The van der Waals surface area contributed by atoms with Crippen molar-refractivity contribution in [3.05, 3.63) is 28.2 Å². The molecule has 2 rings (SSSR count). The fourth-order valence-corrected chi connectivity index (χ4v) is 3.90. The Labute approximate surface area is 192 Å². The van der Waals surface area contributed by atoms with Crippen molar-refractivity contribution in [2.24, 2.45) is 0 Å². The first-order chi connectivity index (χ1) is 15.1. The van der Waals surface area contributed by atoms with Gasteiger partial charge >= 0.3 is 6.18 Å². The second kappa shape index (κ2) is 11.8. The highest BCUT2D eigenvalue weighted by Crippen LogP contribution is 2.32. The van der Waals surface area contributed by atoms with Crippen molar-refractivity contribution in [1.82, 2.24) is 24.8 Å². The first-order valence-corrected chi connectivity index (χ1v) is 11.6. The lowest BCUT2D eigenvalue weighted by Crippen LogP contribution is -2.43. The van der Waals surface area contributed by atoms with Crippen LogP contribution in [0.4, 0.5) is 13.2 Å². The number of unbranched alkanes of at least 4 members (excludes halogenated alkanes) is 4. The van der Waals surface area contributed by atoms with E-state index in [1.165, 1.54) is 6.92 Å². The number of fused-ring (bicyclic) bond motifs is 1. The van der Waals surface area contributed by atoms with E-state index in [1.54, 1.807) is 0 Å². The number of carbonyl (C=O) groups excluding carboxylic acids is 1. The van der Waals surface area contributed by atoms with Crippen molar-refractivity contribution in [1.29, 1.82) is 0 Å². The number of alkyl halides is 3. The third-order valence-corrected chi connectivity index (χ3v) is 5.58. The van der Waals surface area contributed by atoms with Gasteiger partial charge in [-0.2, -0.15) is 18.3 Å². The smallest absolute Gasteiger partial charge is 0.347 e. The minimum Gasteiger partial charge on any atom is -0.347 e. The van der Waals surface area contributed by atoms with Crippen LogP contribution in [0.5, 0.6) is 0 Å². The van der Waals surface area contributed by atoms with Crippen molar-refractivity contribution in [2.45, 2.75) is 78.4 Å². The summed E-state index contributed by atoms with van der Waals surface area (Å²) in [7, 11) is 0. The highest BCUT2D eigenvalue weighted by Gasteiger charge is 2.36. The standard InChI is InChI=1S/C22H33ClF3N5O/c1-5-7-9-11-30(12-10-8-6-2)14-16(4)28-21(32)19-18(23)20-27-15(3)13-17(22(24,25)26)31(20)29-19/h13,16H,5-12,14H2,1-4H3,(H,28,32).